The van der Waals surface area contributed by atoms with Gasteiger partial charge in [-0.2, -0.15) is 0 Å². The van der Waals surface area contributed by atoms with E-state index < -0.39 is 240 Å². The van der Waals surface area contributed by atoms with Crippen LogP contribution in [-0.4, -0.2) is 319 Å². The summed E-state index contributed by atoms with van der Waals surface area (Å²) in [5.41, 5.74) is 0. The Bertz CT molecular complexity index is 2120. The molecule has 3 saturated carbocycles. The highest BCUT2D eigenvalue weighted by molar-refractivity contribution is 5.90. The minimum atomic E-state index is -2.04. The van der Waals surface area contributed by atoms with Gasteiger partial charge in [0.25, 0.3) is 0 Å². The lowest BCUT2D eigenvalue weighted by molar-refractivity contribution is -0.365. The first-order valence-electron chi connectivity index (χ1n) is 28.0. The van der Waals surface area contributed by atoms with Gasteiger partial charge in [-0.05, 0) is 50.9 Å². The number of carboxylic acids is 1. The molecule has 5 saturated heterocycles. The molecule has 476 valence electrons. The highest BCUT2D eigenvalue weighted by Gasteiger charge is 2.58. The van der Waals surface area contributed by atoms with Crippen molar-refractivity contribution in [1.29, 1.82) is 0 Å². The quantitative estimate of drug-likeness (QED) is 0.0247. The topological polar surface area (TPSA) is 520 Å². The summed E-state index contributed by atoms with van der Waals surface area (Å²) in [7, 11) is 0. The molecule has 0 radical (unpaired) electrons. The summed E-state index contributed by atoms with van der Waals surface area (Å²) in [4.78, 5) is 36.2. The molecule has 5 heterocycles. The predicted molar refractivity (Wildman–Crippen MR) is 264 cm³/mol. The molecule has 8 fully saturated rings. The van der Waals surface area contributed by atoms with Crippen LogP contribution in [0.2, 0.25) is 0 Å². The summed E-state index contributed by atoms with van der Waals surface area (Å²) in [6.45, 7) is -2.98. The van der Waals surface area contributed by atoms with E-state index in [2.05, 4.69) is 0 Å². The number of hydrogen-bond donors (Lipinski definition) is 18. The van der Waals surface area contributed by atoms with Gasteiger partial charge in [0.15, 0.2) is 37.4 Å². The number of carbonyl (C=O) groups is 3. The standard InChI is InChI=1S/C51H80O32/c52-13-27-35(61)39(65)43(69)48(80-27)75-20-4-1-17(2-5-20)3-6-32(58)73-15-29-37(63)41(67)45(71)50(82-29)78-25-8-18(7-24(34(25)60)77-49-44(70)40(66)36(62)28(14-53)81-49)47-26(11-21-22(55)9-19(54)10-23(21)76-47)79-51-46(72)42(68)38(64)30(83-51)16-74-33(59)12-31(56)57/h3,6,17-30,34-55,60-72H,1-2,4-5,7-16H2,(H,56,57)/p+1. The molecule has 32 heteroatoms. The van der Waals surface area contributed by atoms with Crippen LogP contribution >= 0.6 is 0 Å². The van der Waals surface area contributed by atoms with Crippen molar-refractivity contribution in [3.8, 4) is 0 Å². The summed E-state index contributed by atoms with van der Waals surface area (Å²) in [6.07, 6.45) is -42.6. The number of hydrogen-bond acceptors (Lipinski definition) is 30. The Morgan fingerprint density at radius 1 is 0.482 bits per heavy atom. The van der Waals surface area contributed by atoms with Crippen LogP contribution in [0.25, 0.3) is 0 Å². The van der Waals surface area contributed by atoms with E-state index in [0.717, 1.165) is 6.08 Å². The van der Waals surface area contributed by atoms with Gasteiger partial charge in [0.05, 0.1) is 49.7 Å². The third-order valence-electron chi connectivity index (χ3n) is 17.2. The van der Waals surface area contributed by atoms with Crippen molar-refractivity contribution < 1.29 is 158 Å². The molecule has 30 unspecified atom stereocenters. The van der Waals surface area contributed by atoms with Gasteiger partial charge < -0.3 is 144 Å². The highest BCUT2D eigenvalue weighted by atomic mass is 16.7. The summed E-state index contributed by atoms with van der Waals surface area (Å²) in [5, 5.41) is 192. The van der Waals surface area contributed by atoms with Crippen molar-refractivity contribution in [3.63, 3.8) is 0 Å². The first kappa shape index (κ1) is 66.1. The van der Waals surface area contributed by atoms with E-state index in [-0.39, 0.29) is 38.0 Å². The number of rotatable bonds is 19. The summed E-state index contributed by atoms with van der Waals surface area (Å²) in [5.74, 6) is -5.41. The van der Waals surface area contributed by atoms with Crippen molar-refractivity contribution in [1.82, 2.24) is 0 Å². The van der Waals surface area contributed by atoms with Crippen LogP contribution < -0.4 is 0 Å². The van der Waals surface area contributed by atoms with Crippen LogP contribution in [0.5, 0.6) is 0 Å². The molecule has 19 N–H and O–H groups in total. The molecule has 0 aromatic rings. The van der Waals surface area contributed by atoms with Crippen molar-refractivity contribution in [3.05, 3.63) is 12.2 Å². The fourth-order valence-electron chi connectivity index (χ4n) is 12.4. The molecule has 30 atom stereocenters. The Balaban J connectivity index is 0.970. The number of esters is 2. The van der Waals surface area contributed by atoms with Crippen molar-refractivity contribution in [2.24, 2.45) is 17.8 Å². The van der Waals surface area contributed by atoms with Crippen LogP contribution in [0, 0.1) is 17.8 Å². The molecule has 0 aromatic carbocycles. The molecule has 83 heavy (non-hydrogen) atoms. The average Bonchev–Trinajstić information content (AvgIpc) is 3.64. The monoisotopic (exact) mass is 1210 g/mol. The second kappa shape index (κ2) is 29.0. The van der Waals surface area contributed by atoms with E-state index in [1.54, 1.807) is 6.08 Å². The van der Waals surface area contributed by atoms with Crippen molar-refractivity contribution >= 4 is 17.9 Å². The largest absolute Gasteiger partial charge is 0.481 e. The predicted octanol–water partition coefficient (Wildman–Crippen LogP) is -9.38. The van der Waals surface area contributed by atoms with Crippen LogP contribution in [-0.2, 0) is 61.8 Å². The number of carboxylic acid groups (broad SMARTS) is 1. The van der Waals surface area contributed by atoms with E-state index >= 15 is 0 Å². The normalized spacial score (nSPS) is 48.9. The summed E-state index contributed by atoms with van der Waals surface area (Å²) < 4.78 is 62.7. The van der Waals surface area contributed by atoms with Gasteiger partial charge in [-0.15, -0.1) is 0 Å². The van der Waals surface area contributed by atoms with E-state index in [0.29, 0.717) is 25.7 Å². The Morgan fingerprint density at radius 2 is 0.928 bits per heavy atom. The minimum Gasteiger partial charge on any atom is -0.481 e. The third-order valence-corrected chi connectivity index (χ3v) is 17.2. The fourth-order valence-corrected chi connectivity index (χ4v) is 12.4. The van der Waals surface area contributed by atoms with Crippen LogP contribution in [0.4, 0.5) is 0 Å². The highest BCUT2D eigenvalue weighted by Crippen LogP contribution is 2.44. The number of fused-ring (bicyclic) bond motifs is 1. The fraction of sp³-hybridized carbons (Fsp3) is 0.902. The maximum Gasteiger partial charge on any atom is 0.330 e. The van der Waals surface area contributed by atoms with E-state index in [9.17, 15) is 101 Å². The lowest BCUT2D eigenvalue weighted by atomic mass is 9.72. The molecule has 3 aliphatic carbocycles. The number of aliphatic carboxylic acids is 1. The van der Waals surface area contributed by atoms with Crippen molar-refractivity contribution in [2.75, 3.05) is 26.4 Å². The first-order chi connectivity index (χ1) is 39.4. The number of aliphatic hydroxyl groups excluding tert-OH is 17. The zero-order valence-corrected chi connectivity index (χ0v) is 44.8. The number of allylic oxidation sites excluding steroid dienone is 1. The van der Waals surface area contributed by atoms with Gasteiger partial charge in [0.1, 0.15) is 130 Å². The lowest BCUT2D eigenvalue weighted by Gasteiger charge is -2.50. The minimum absolute atomic E-state index is 0.0500. The molecule has 8 rings (SSSR count). The van der Waals surface area contributed by atoms with Gasteiger partial charge in [0.2, 0.25) is 0 Å². The molecule has 5 aliphatic heterocycles. The zero-order valence-electron chi connectivity index (χ0n) is 44.8. The van der Waals surface area contributed by atoms with E-state index in [4.69, 9.17) is 57.2 Å². The van der Waals surface area contributed by atoms with Gasteiger partial charge >= 0.3 is 17.9 Å². The average molecular weight is 1210 g/mol. The number of ether oxygens (including phenoxy) is 11. The van der Waals surface area contributed by atoms with Crippen molar-refractivity contribution in [2.45, 2.75) is 242 Å². The van der Waals surface area contributed by atoms with Crippen LogP contribution in [0.3, 0.4) is 0 Å². The second-order valence-corrected chi connectivity index (χ2v) is 22.9. The summed E-state index contributed by atoms with van der Waals surface area (Å²) in [6, 6.07) is 0. The molecule has 0 amide bonds. The van der Waals surface area contributed by atoms with E-state index in [1.165, 1.54) is 0 Å². The molecular weight excluding hydrogens is 1120 g/mol. The molecule has 32 nitrogen and oxygen atoms in total. The zero-order chi connectivity index (χ0) is 60.3. The van der Waals surface area contributed by atoms with E-state index in [1.807, 2.05) is 0 Å². The van der Waals surface area contributed by atoms with Crippen LogP contribution in [0.15, 0.2) is 12.2 Å². The van der Waals surface area contributed by atoms with Gasteiger partial charge in [-0.25, -0.2) is 4.79 Å². The maximum absolute atomic E-state index is 13.0. The van der Waals surface area contributed by atoms with Gasteiger partial charge in [0, 0.05) is 24.8 Å². The molecule has 0 aromatic heterocycles. The maximum atomic E-state index is 13.0. The second-order valence-electron chi connectivity index (χ2n) is 22.9. The first-order valence-corrected chi connectivity index (χ1v) is 28.0. The number of aliphatic hydroxyl groups is 19. The van der Waals surface area contributed by atoms with Gasteiger partial charge in [-0.1, -0.05) is 6.08 Å². The molecular formula is C51H81O32+. The Kier molecular flexibility index (Phi) is 23.0. The van der Waals surface area contributed by atoms with Gasteiger partial charge in [-0.3, -0.25) is 9.59 Å². The SMILES string of the molecule is O=C(O)CC(=O)OCC1OC(OC2CC3C(O)CC(O)CC3[OH+]C2C2CC(OC3OC(CO)C(O)C(O)C3O)C(O)C(OC3OC(COC(=O)C=CC4CCC(OC5OC(CO)C(O)C(O)C5O)CC4)C(O)C(O)C3O)C2)C(O)C(O)C1O. The Morgan fingerprint density at radius 3 is 1.41 bits per heavy atom. The molecule has 0 bridgehead atoms. The third kappa shape index (κ3) is 15.5. The summed E-state index contributed by atoms with van der Waals surface area (Å²) >= 11 is 0. The Hall–Kier alpha value is -2.89. The lowest BCUT2D eigenvalue weighted by Crippen LogP contribution is -2.65. The van der Waals surface area contributed by atoms with Crippen LogP contribution in [0.1, 0.15) is 64.2 Å². The number of carbonyl (C=O) groups excluding carboxylic acids is 2. The Labute approximate surface area is 473 Å². The molecule has 0 spiro atoms. The smallest absolute Gasteiger partial charge is 0.330 e. The molecule has 8 aliphatic rings.